The lowest BCUT2D eigenvalue weighted by atomic mass is 10.1. The molecule has 3 heterocycles. The third-order valence-corrected chi connectivity index (χ3v) is 6.34. The fourth-order valence-electron chi connectivity index (χ4n) is 4.61. The molecule has 1 aromatic carbocycles. The first-order chi connectivity index (χ1) is 14.5. The summed E-state index contributed by atoms with van der Waals surface area (Å²) in [5.41, 5.74) is 2.02. The Bertz CT molecular complexity index is 813. The maximum absolute atomic E-state index is 13.0. The molecular weight excluding hydrogens is 380 g/mol. The van der Waals surface area contributed by atoms with Crippen LogP contribution >= 0.6 is 0 Å². The molecule has 2 saturated heterocycles. The number of unbranched alkanes of at least 4 members (excludes halogenated alkanes) is 4. The largest absolute Gasteiger partial charge is 0.327 e. The molecule has 0 aromatic heterocycles. The first kappa shape index (κ1) is 20.8. The van der Waals surface area contributed by atoms with E-state index in [9.17, 15) is 9.59 Å². The Morgan fingerprint density at radius 3 is 2.53 bits per heavy atom. The maximum atomic E-state index is 13.0. The van der Waals surface area contributed by atoms with E-state index >= 15 is 0 Å². The number of hydrogen-bond donors (Lipinski definition) is 1. The van der Waals surface area contributed by atoms with E-state index in [2.05, 4.69) is 34.3 Å². The van der Waals surface area contributed by atoms with E-state index in [1.54, 1.807) is 19.0 Å². The first-order valence-electron chi connectivity index (χ1n) is 11.0. The van der Waals surface area contributed by atoms with Crippen LogP contribution < -0.4 is 5.32 Å². The Kier molecular flexibility index (Phi) is 6.06. The van der Waals surface area contributed by atoms with Crippen LogP contribution in [0.4, 0.5) is 4.79 Å². The molecular formula is C22H32N6O2. The minimum Gasteiger partial charge on any atom is -0.310 e. The van der Waals surface area contributed by atoms with Gasteiger partial charge >= 0.3 is 6.03 Å². The lowest BCUT2D eigenvalue weighted by Gasteiger charge is -2.41. The number of carbonyl (C=O) groups is 2. The molecule has 3 aliphatic rings. The predicted octanol–water partition coefficient (Wildman–Crippen LogP) is 2.08. The van der Waals surface area contributed by atoms with Gasteiger partial charge in [-0.05, 0) is 12.0 Å². The van der Waals surface area contributed by atoms with Gasteiger partial charge in [0.05, 0.1) is 5.71 Å². The van der Waals surface area contributed by atoms with Crippen molar-refractivity contribution in [3.05, 3.63) is 35.9 Å². The van der Waals surface area contributed by atoms with Crippen LogP contribution in [0.2, 0.25) is 0 Å². The van der Waals surface area contributed by atoms with Crippen LogP contribution in [-0.4, -0.2) is 83.0 Å². The van der Waals surface area contributed by atoms with Gasteiger partial charge in [0.2, 0.25) is 0 Å². The molecule has 8 heteroatoms. The van der Waals surface area contributed by atoms with Crippen LogP contribution in [0.1, 0.15) is 44.6 Å². The average molecular weight is 413 g/mol. The number of rotatable bonds is 7. The van der Waals surface area contributed by atoms with Gasteiger partial charge in [-0.25, -0.2) is 9.69 Å². The highest BCUT2D eigenvalue weighted by molar-refractivity contribution is 6.04. The number of carbonyl (C=O) groups excluding carboxylic acids is 2. The van der Waals surface area contributed by atoms with Crippen LogP contribution in [-0.2, 0) is 4.79 Å². The van der Waals surface area contributed by atoms with Crippen molar-refractivity contribution in [2.75, 3.05) is 27.2 Å². The lowest BCUT2D eigenvalue weighted by molar-refractivity contribution is -0.137. The SMILES string of the molecule is CCCCCCCN1N=C(c2ccccc2)CN2C3C(=O)N(C)C(=O)N(C)C3NC12. The van der Waals surface area contributed by atoms with Crippen molar-refractivity contribution in [1.29, 1.82) is 0 Å². The summed E-state index contributed by atoms with van der Waals surface area (Å²) in [6, 6.07) is 9.44. The predicted molar refractivity (Wildman–Crippen MR) is 116 cm³/mol. The van der Waals surface area contributed by atoms with Crippen LogP contribution in [0.25, 0.3) is 0 Å². The van der Waals surface area contributed by atoms with Crippen molar-refractivity contribution in [3.8, 4) is 0 Å². The van der Waals surface area contributed by atoms with Crippen LogP contribution in [0.5, 0.6) is 0 Å². The highest BCUT2D eigenvalue weighted by Crippen LogP contribution is 2.30. The first-order valence-corrected chi connectivity index (χ1v) is 11.0. The second-order valence-corrected chi connectivity index (χ2v) is 8.38. The van der Waals surface area contributed by atoms with Gasteiger partial charge < -0.3 is 4.90 Å². The Morgan fingerprint density at radius 1 is 1.07 bits per heavy atom. The van der Waals surface area contributed by atoms with Gasteiger partial charge in [0, 0.05) is 27.2 Å². The van der Waals surface area contributed by atoms with Crippen LogP contribution in [0.3, 0.4) is 0 Å². The van der Waals surface area contributed by atoms with Crippen molar-refractivity contribution < 1.29 is 9.59 Å². The van der Waals surface area contributed by atoms with E-state index in [1.165, 1.54) is 30.6 Å². The number of amides is 3. The quantitative estimate of drug-likeness (QED) is 0.695. The lowest BCUT2D eigenvalue weighted by Crippen LogP contribution is -2.65. The Labute approximate surface area is 178 Å². The molecule has 1 N–H and O–H groups in total. The second-order valence-electron chi connectivity index (χ2n) is 8.38. The zero-order valence-corrected chi connectivity index (χ0v) is 18.1. The standard InChI is InChI=1S/C22H32N6O2/c1-4-5-6-7-11-14-28-21-23-19-18(20(29)26(3)22(30)25(19)2)27(21)15-17(24-28)16-12-9-8-10-13-16/h8-10,12-13,18-19,21,23H,4-7,11,14-15H2,1-3H3. The number of imide groups is 1. The minimum atomic E-state index is -0.417. The molecule has 0 spiro atoms. The maximum Gasteiger partial charge on any atom is 0.327 e. The molecule has 162 valence electrons. The van der Waals surface area contributed by atoms with E-state index in [-0.39, 0.29) is 24.4 Å². The number of hydrogen-bond acceptors (Lipinski definition) is 6. The van der Waals surface area contributed by atoms with Crippen molar-refractivity contribution in [1.82, 2.24) is 25.0 Å². The summed E-state index contributed by atoms with van der Waals surface area (Å²) in [6.07, 6.45) is 5.38. The second kappa shape index (κ2) is 8.73. The van der Waals surface area contributed by atoms with E-state index in [4.69, 9.17) is 5.10 Å². The molecule has 3 unspecified atom stereocenters. The number of fused-ring (bicyclic) bond motifs is 3. The summed E-state index contributed by atoms with van der Waals surface area (Å²) in [6.45, 7) is 3.60. The van der Waals surface area contributed by atoms with Crippen molar-refractivity contribution in [2.24, 2.45) is 5.10 Å². The van der Waals surface area contributed by atoms with E-state index in [0.29, 0.717) is 6.54 Å². The van der Waals surface area contributed by atoms with Gasteiger partial charge in [-0.3, -0.25) is 20.0 Å². The number of nitrogens with one attached hydrogen (secondary N) is 1. The summed E-state index contributed by atoms with van der Waals surface area (Å²) < 4.78 is 0. The monoisotopic (exact) mass is 412 g/mol. The topological polar surface area (TPSA) is 71.5 Å². The van der Waals surface area contributed by atoms with Crippen molar-refractivity contribution in [2.45, 2.75) is 57.5 Å². The van der Waals surface area contributed by atoms with Gasteiger partial charge in [0.1, 0.15) is 12.2 Å². The van der Waals surface area contributed by atoms with Gasteiger partial charge in [-0.15, -0.1) is 0 Å². The number of urea groups is 1. The van der Waals surface area contributed by atoms with E-state index in [0.717, 1.165) is 24.2 Å². The molecule has 0 radical (unpaired) electrons. The molecule has 0 saturated carbocycles. The zero-order chi connectivity index (χ0) is 21.3. The van der Waals surface area contributed by atoms with E-state index in [1.807, 2.05) is 18.2 Å². The number of hydrazone groups is 1. The molecule has 3 atom stereocenters. The molecule has 8 nitrogen and oxygen atoms in total. The Balaban J connectivity index is 1.60. The fourth-order valence-corrected chi connectivity index (χ4v) is 4.61. The molecule has 0 bridgehead atoms. The van der Waals surface area contributed by atoms with Crippen molar-refractivity contribution >= 4 is 17.6 Å². The number of benzene rings is 1. The van der Waals surface area contributed by atoms with Gasteiger partial charge in [0.15, 0.2) is 6.29 Å². The molecule has 3 aliphatic heterocycles. The molecule has 0 aliphatic carbocycles. The Morgan fingerprint density at radius 2 is 1.80 bits per heavy atom. The summed E-state index contributed by atoms with van der Waals surface area (Å²) in [4.78, 5) is 30.5. The van der Waals surface area contributed by atoms with Gasteiger partial charge in [0.25, 0.3) is 5.91 Å². The van der Waals surface area contributed by atoms with Crippen LogP contribution in [0.15, 0.2) is 35.4 Å². The average Bonchev–Trinajstić information content (AvgIpc) is 3.16. The number of likely N-dealkylation sites (N-methyl/N-ethyl adjacent to an activating group) is 2. The smallest absolute Gasteiger partial charge is 0.310 e. The van der Waals surface area contributed by atoms with E-state index < -0.39 is 6.04 Å². The summed E-state index contributed by atoms with van der Waals surface area (Å²) in [7, 11) is 3.31. The fraction of sp³-hybridized carbons (Fsp3) is 0.591. The number of nitrogens with zero attached hydrogens (tertiary/aromatic N) is 5. The molecule has 4 rings (SSSR count). The molecule has 2 fully saturated rings. The minimum absolute atomic E-state index is 0.157. The zero-order valence-electron chi connectivity index (χ0n) is 18.1. The highest BCUT2D eigenvalue weighted by atomic mass is 16.2. The Hall–Kier alpha value is -2.45. The van der Waals surface area contributed by atoms with Gasteiger partial charge in [-0.2, -0.15) is 5.10 Å². The molecule has 3 amide bonds. The van der Waals surface area contributed by atoms with Gasteiger partial charge in [-0.1, -0.05) is 62.9 Å². The summed E-state index contributed by atoms with van der Waals surface area (Å²) in [5.74, 6) is -0.157. The highest BCUT2D eigenvalue weighted by Gasteiger charge is 2.55. The third kappa shape index (κ3) is 3.70. The summed E-state index contributed by atoms with van der Waals surface area (Å²) >= 11 is 0. The molecule has 1 aromatic rings. The third-order valence-electron chi connectivity index (χ3n) is 6.34. The normalized spacial score (nSPS) is 26.7. The molecule has 30 heavy (non-hydrogen) atoms. The summed E-state index contributed by atoms with van der Waals surface area (Å²) in [5, 5.41) is 10.5. The van der Waals surface area contributed by atoms with Crippen molar-refractivity contribution in [3.63, 3.8) is 0 Å². The van der Waals surface area contributed by atoms with Crippen LogP contribution in [0, 0.1) is 0 Å².